The number of aryl methyl sites for hydroxylation is 1. The van der Waals surface area contributed by atoms with E-state index in [0.29, 0.717) is 0 Å². The van der Waals surface area contributed by atoms with Gasteiger partial charge in [0.2, 0.25) is 0 Å². The number of aromatic nitrogens is 2. The highest BCUT2D eigenvalue weighted by molar-refractivity contribution is 7.90. The van der Waals surface area contributed by atoms with Crippen molar-refractivity contribution in [2.45, 2.75) is 11.7 Å². The molecule has 1 aromatic carbocycles. The molecule has 122 valence electrons. The number of hydrogen-bond acceptors (Lipinski definition) is 4. The fourth-order valence-corrected chi connectivity index (χ4v) is 2.19. The highest BCUT2D eigenvalue weighted by atomic mass is 35.5. The monoisotopic (exact) mass is 373 g/mol. The Kier molecular flexibility index (Phi) is 1.65. The molecule has 2 heterocycles. The van der Waals surface area contributed by atoms with E-state index in [4.69, 9.17) is 32.2 Å². The number of benzene rings is 1. The molecule has 3 rings (SSSR count). The molecule has 4 nitrogen and oxygen atoms in total. The molecule has 0 N–H and O–H groups in total. The van der Waals surface area contributed by atoms with Gasteiger partial charge in [0.25, 0.3) is 0 Å². The lowest BCUT2D eigenvalue weighted by molar-refractivity contribution is 0.602. The van der Waals surface area contributed by atoms with Crippen molar-refractivity contribution in [2.75, 3.05) is 6.18 Å². The number of nitrogens with zero attached hydrogens (tertiary/aromatic N) is 2. The number of rotatable bonds is 3. The van der Waals surface area contributed by atoms with Crippen LogP contribution in [-0.2, 0) is 9.84 Å². The third-order valence-electron chi connectivity index (χ3n) is 2.68. The molecule has 0 saturated carbocycles. The van der Waals surface area contributed by atoms with Crippen molar-refractivity contribution < 1.29 is 29.0 Å². The van der Waals surface area contributed by atoms with Crippen LogP contribution in [0.4, 0.5) is 0 Å². The Hall–Kier alpha value is -2.24. The van der Waals surface area contributed by atoms with Gasteiger partial charge in [0, 0.05) is 43.6 Å². The van der Waals surface area contributed by atoms with Crippen LogP contribution in [0.5, 0.6) is 0 Å². The molecule has 6 heteroatoms. The van der Waals surface area contributed by atoms with E-state index in [0.717, 1.165) is 0 Å². The normalized spacial score (nSPS) is 21.5. The maximum Gasteiger partial charge on any atom is 0.175 e. The van der Waals surface area contributed by atoms with E-state index in [9.17, 15) is 8.42 Å². The average molecular weight is 374 g/mol. The molecule has 0 spiro atoms. The summed E-state index contributed by atoms with van der Waals surface area (Å²) in [5.74, 6) is 0. The molecule has 0 unspecified atom stereocenters. The topological polar surface area (TPSA) is 59.9 Å². The quantitative estimate of drug-likeness (QED) is 0.691. The van der Waals surface area contributed by atoms with Crippen LogP contribution in [0.2, 0.25) is 5.02 Å². The molecule has 0 fully saturated rings. The zero-order chi connectivity index (χ0) is 30.2. The predicted octanol–water partition coefficient (Wildman–Crippen LogP) is 4.18. The molecule has 0 bridgehead atoms. The van der Waals surface area contributed by atoms with Gasteiger partial charge in [-0.1, -0.05) is 23.7 Å². The first-order chi connectivity index (χ1) is 17.6. The van der Waals surface area contributed by atoms with Gasteiger partial charge in [-0.25, -0.2) is 8.42 Å². The van der Waals surface area contributed by atoms with Crippen molar-refractivity contribution in [3.8, 4) is 22.4 Å². The Labute approximate surface area is 167 Å². The minimum absolute atomic E-state index is 0.680. The van der Waals surface area contributed by atoms with E-state index in [1.807, 2.05) is 0 Å². The van der Waals surface area contributed by atoms with Crippen molar-refractivity contribution >= 4 is 21.4 Å². The number of halogens is 1. The van der Waals surface area contributed by atoms with Gasteiger partial charge in [-0.05, 0) is 42.6 Å². The summed E-state index contributed by atoms with van der Waals surface area (Å²) >= 11 is 5.99. The van der Waals surface area contributed by atoms with Gasteiger partial charge in [-0.15, -0.1) is 0 Å². The van der Waals surface area contributed by atoms with Gasteiger partial charge in [0.15, 0.2) is 9.84 Å². The van der Waals surface area contributed by atoms with Crippen LogP contribution in [0.25, 0.3) is 22.4 Å². The van der Waals surface area contributed by atoms with Gasteiger partial charge in [0.1, 0.15) is 0 Å². The van der Waals surface area contributed by atoms with Crippen LogP contribution < -0.4 is 0 Å². The SMILES string of the molecule is [2H]c1nc(-c2c([2H])nc(C([2H])([2H])[2H])c([2H])c2[2H])c(-c2c([2H])c([2H])c(S(=O)(=O)C([2H])([2H])[2H])c([2H])c2[2H])c([2H])c1Cl. The van der Waals surface area contributed by atoms with Gasteiger partial charge in [-0.2, -0.15) is 0 Å². The maximum atomic E-state index is 12.6. The van der Waals surface area contributed by atoms with Crippen LogP contribution >= 0.6 is 11.6 Å². The predicted molar refractivity (Wildman–Crippen MR) is 95.8 cm³/mol. The fourth-order valence-electron chi connectivity index (χ4n) is 1.68. The summed E-state index contributed by atoms with van der Waals surface area (Å²) in [6.07, 6.45) is -5.50. The first kappa shape index (κ1) is 6.24. The zero-order valence-corrected chi connectivity index (χ0v) is 13.1. The summed E-state index contributed by atoms with van der Waals surface area (Å²) in [6.45, 7) is -2.99. The second-order valence-corrected chi connectivity index (χ2v) is 6.08. The molecule has 2 aromatic heterocycles. The molecule has 24 heavy (non-hydrogen) atoms. The van der Waals surface area contributed by atoms with E-state index < -0.39 is 116 Å². The lowest BCUT2D eigenvalue weighted by Crippen LogP contribution is -1.97. The van der Waals surface area contributed by atoms with E-state index in [-0.39, 0.29) is 0 Å². The Balaban J connectivity index is 2.58. The van der Waals surface area contributed by atoms with Gasteiger partial charge < -0.3 is 0 Å². The average Bonchev–Trinajstić information content (AvgIpc) is 2.79. The Morgan fingerprint density at radius 3 is 2.50 bits per heavy atom. The molecule has 0 amide bonds. The summed E-state index contributed by atoms with van der Waals surface area (Å²) in [5.41, 5.74) is -3.91. The Morgan fingerprint density at radius 2 is 1.79 bits per heavy atom. The number of pyridine rings is 2. The molecule has 3 aromatic rings. The molecule has 0 saturated heterocycles. The van der Waals surface area contributed by atoms with E-state index in [1.165, 1.54) is 0 Å². The summed E-state index contributed by atoms with van der Waals surface area (Å²) in [7, 11) is -5.39. The molecular formula is C18H15ClN2O2S. The second-order valence-electron chi connectivity index (χ2n) is 4.29. The third-order valence-corrected chi connectivity index (χ3v) is 3.60. The summed E-state index contributed by atoms with van der Waals surface area (Å²) in [6, 6.07) is -7.68. The Bertz CT molecular complexity index is 1620. The van der Waals surface area contributed by atoms with E-state index in [1.54, 1.807) is 0 Å². The van der Waals surface area contributed by atoms with Gasteiger partial charge in [-0.3, -0.25) is 9.97 Å². The summed E-state index contributed by atoms with van der Waals surface area (Å²) in [5, 5.41) is -0.680. The molecule has 0 aliphatic heterocycles. The minimum Gasteiger partial charge on any atom is -0.261 e. The summed E-state index contributed by atoms with van der Waals surface area (Å²) < 4.78 is 143. The molecule has 0 aliphatic rings. The first-order valence-corrected chi connectivity index (χ1v) is 7.94. The maximum absolute atomic E-state index is 12.6. The standard InChI is InChI=1S/C18H15ClN2O2S/c1-12-3-4-14(10-20-12)18-17(9-15(19)11-21-18)13-5-7-16(8-6-13)24(2,22)23/h3-11H,1-2H3/i1D3,2D3,3D,4D,5D,6D,7D,8D,9D,10D,11D. The van der Waals surface area contributed by atoms with Crippen molar-refractivity contribution in [3.05, 3.63) is 65.4 Å². The minimum atomic E-state index is -5.39. The van der Waals surface area contributed by atoms with Crippen molar-refractivity contribution in [2.24, 2.45) is 0 Å². The van der Waals surface area contributed by atoms with Crippen LogP contribution in [0.15, 0.2) is 59.5 Å². The molecule has 0 aliphatic carbocycles. The smallest absolute Gasteiger partial charge is 0.175 e. The molecular weight excluding hydrogens is 344 g/mol. The largest absolute Gasteiger partial charge is 0.261 e. The molecule has 0 atom stereocenters. The van der Waals surface area contributed by atoms with Crippen LogP contribution in [-0.4, -0.2) is 24.6 Å². The third kappa shape index (κ3) is 3.47. The fraction of sp³-hybridized carbons (Fsp3) is 0.111. The lowest BCUT2D eigenvalue weighted by Gasteiger charge is -2.10. The first-order valence-electron chi connectivity index (χ1n) is 13.6. The highest BCUT2D eigenvalue weighted by Crippen LogP contribution is 2.32. The number of hydrogen-bond donors (Lipinski definition) is 0. The van der Waals surface area contributed by atoms with Crippen molar-refractivity contribution in [1.82, 2.24) is 9.97 Å². The van der Waals surface area contributed by atoms with Crippen LogP contribution in [0.3, 0.4) is 0 Å². The molecule has 0 radical (unpaired) electrons. The van der Waals surface area contributed by atoms with Crippen LogP contribution in [0.1, 0.15) is 26.3 Å². The van der Waals surface area contributed by atoms with Gasteiger partial charge >= 0.3 is 0 Å². The van der Waals surface area contributed by atoms with Crippen molar-refractivity contribution in [1.29, 1.82) is 0 Å². The lowest BCUT2D eigenvalue weighted by atomic mass is 10.0. The number of sulfone groups is 1. The van der Waals surface area contributed by atoms with Crippen LogP contribution in [0, 0.1) is 6.85 Å². The Morgan fingerprint density at radius 1 is 1.04 bits per heavy atom. The van der Waals surface area contributed by atoms with Crippen molar-refractivity contribution in [3.63, 3.8) is 0 Å². The highest BCUT2D eigenvalue weighted by Gasteiger charge is 2.12. The van der Waals surface area contributed by atoms with Gasteiger partial charge in [0.05, 0.1) is 27.9 Å². The summed E-state index contributed by atoms with van der Waals surface area (Å²) in [4.78, 5) is 5.90. The van der Waals surface area contributed by atoms with E-state index in [2.05, 4.69) is 9.97 Å². The zero-order valence-electron chi connectivity index (χ0n) is 26.5. The second kappa shape index (κ2) is 6.34. The van der Waals surface area contributed by atoms with E-state index >= 15 is 0 Å².